The zero-order valence-electron chi connectivity index (χ0n) is 20.2. The van der Waals surface area contributed by atoms with Gasteiger partial charge in [-0.3, -0.25) is 10.1 Å². The van der Waals surface area contributed by atoms with Crippen LogP contribution in [0.4, 0.5) is 6.01 Å². The highest BCUT2D eigenvalue weighted by Gasteiger charge is 2.26. The first kappa shape index (κ1) is 22.8. The Labute approximate surface area is 205 Å². The van der Waals surface area contributed by atoms with Crippen molar-refractivity contribution in [3.05, 3.63) is 84.1 Å². The van der Waals surface area contributed by atoms with Crippen molar-refractivity contribution in [1.82, 2.24) is 10.2 Å². The number of furan rings is 1. The summed E-state index contributed by atoms with van der Waals surface area (Å²) in [5.41, 5.74) is 5.60. The van der Waals surface area contributed by atoms with Crippen molar-refractivity contribution in [2.45, 2.75) is 40.0 Å². The molecule has 0 saturated carbocycles. The average molecular weight is 468 g/mol. The van der Waals surface area contributed by atoms with Crippen molar-refractivity contribution in [3.8, 4) is 22.8 Å². The molecule has 2 aromatic carbocycles. The second-order valence-corrected chi connectivity index (χ2v) is 10.1. The van der Waals surface area contributed by atoms with Crippen LogP contribution < -0.4 is 5.32 Å². The normalized spacial score (nSPS) is 16.1. The van der Waals surface area contributed by atoms with Crippen LogP contribution in [0.3, 0.4) is 0 Å². The number of carbonyl (C=O) groups excluding carboxylic acids is 1. The number of benzene rings is 2. The van der Waals surface area contributed by atoms with E-state index in [4.69, 9.17) is 8.83 Å². The Balaban J connectivity index is 1.27. The molecule has 1 aliphatic rings. The molecule has 2 heterocycles. The third-order valence-electron chi connectivity index (χ3n) is 6.73. The van der Waals surface area contributed by atoms with Gasteiger partial charge in [0, 0.05) is 5.56 Å². The number of aromatic nitrogens is 2. The van der Waals surface area contributed by atoms with Crippen LogP contribution in [0.1, 0.15) is 56.0 Å². The zero-order chi connectivity index (χ0) is 24.4. The number of anilines is 1. The molecular formula is C29H29N3O3. The van der Waals surface area contributed by atoms with Crippen LogP contribution in [0.5, 0.6) is 0 Å². The summed E-state index contributed by atoms with van der Waals surface area (Å²) in [7, 11) is 0. The zero-order valence-corrected chi connectivity index (χ0v) is 20.2. The number of allylic oxidation sites excluding steroid dienone is 2. The van der Waals surface area contributed by atoms with Crippen LogP contribution in [0, 0.1) is 11.3 Å². The van der Waals surface area contributed by atoms with Gasteiger partial charge in [-0.1, -0.05) is 68.3 Å². The Bertz CT molecular complexity index is 1340. The summed E-state index contributed by atoms with van der Waals surface area (Å²) in [6.07, 6.45) is 7.42. The van der Waals surface area contributed by atoms with E-state index in [1.54, 1.807) is 18.2 Å². The lowest BCUT2D eigenvalue weighted by Crippen LogP contribution is -2.21. The van der Waals surface area contributed by atoms with Crippen LogP contribution in [-0.4, -0.2) is 16.1 Å². The molecular weight excluding hydrogens is 438 g/mol. The molecule has 35 heavy (non-hydrogen) atoms. The summed E-state index contributed by atoms with van der Waals surface area (Å²) >= 11 is 0. The molecule has 0 aliphatic heterocycles. The summed E-state index contributed by atoms with van der Waals surface area (Å²) in [6, 6.07) is 19.6. The maximum atomic E-state index is 12.8. The third-order valence-corrected chi connectivity index (χ3v) is 6.73. The molecule has 178 valence electrons. The Hall–Kier alpha value is -3.93. The number of hydrogen-bond donors (Lipinski definition) is 1. The molecule has 1 aliphatic carbocycles. The summed E-state index contributed by atoms with van der Waals surface area (Å²) in [4.78, 5) is 12.8. The Kier molecular flexibility index (Phi) is 6.12. The number of amides is 1. The highest BCUT2D eigenvalue weighted by molar-refractivity contribution is 6.03. The maximum absolute atomic E-state index is 12.8. The summed E-state index contributed by atoms with van der Waals surface area (Å²) < 4.78 is 10.7. The number of nitrogens with zero attached hydrogens (tertiary/aromatic N) is 2. The highest BCUT2D eigenvalue weighted by Crippen LogP contribution is 2.39. The van der Waals surface area contributed by atoms with Crippen LogP contribution in [0.2, 0.25) is 0 Å². The predicted molar refractivity (Wildman–Crippen MR) is 137 cm³/mol. The van der Waals surface area contributed by atoms with Gasteiger partial charge in [-0.2, -0.15) is 0 Å². The van der Waals surface area contributed by atoms with Gasteiger partial charge in [0.15, 0.2) is 5.76 Å². The minimum atomic E-state index is -0.320. The SMILES string of the molecule is CC(C)(C)C1CC=C(c2ccc(-c3cccc(C(=O)Nc4nnc(-c5ccco5)o4)c3)cc2)CC1. The average Bonchev–Trinajstić information content (AvgIpc) is 3.56. The van der Waals surface area contributed by atoms with Crippen LogP contribution >= 0.6 is 0 Å². The largest absolute Gasteiger partial charge is 0.459 e. The van der Waals surface area contributed by atoms with E-state index in [0.717, 1.165) is 29.9 Å². The number of hydrogen-bond acceptors (Lipinski definition) is 5. The summed E-state index contributed by atoms with van der Waals surface area (Å²) in [5.74, 6) is 1.07. The number of nitrogens with one attached hydrogen (secondary N) is 1. The molecule has 0 radical (unpaired) electrons. The second-order valence-electron chi connectivity index (χ2n) is 10.1. The molecule has 1 atom stereocenters. The second kappa shape index (κ2) is 9.37. The standard InChI is InChI=1S/C29H29N3O3/c1-29(2,3)24-15-13-20(14-16-24)19-9-11-21(12-10-19)22-6-4-7-23(18-22)26(33)30-28-32-31-27(35-28)25-8-5-17-34-25/h4-13,17-18,24H,14-16H2,1-3H3,(H,30,32,33). The first-order chi connectivity index (χ1) is 16.9. The van der Waals surface area contributed by atoms with Crippen molar-refractivity contribution >= 4 is 17.5 Å². The lowest BCUT2D eigenvalue weighted by molar-refractivity contribution is 0.102. The van der Waals surface area contributed by atoms with Gasteiger partial charge in [-0.15, -0.1) is 5.10 Å². The molecule has 0 saturated heterocycles. The molecule has 6 nitrogen and oxygen atoms in total. The minimum absolute atomic E-state index is 0.0191. The Morgan fingerprint density at radius 1 is 0.971 bits per heavy atom. The molecule has 0 spiro atoms. The van der Waals surface area contributed by atoms with Gasteiger partial charge in [0.2, 0.25) is 0 Å². The first-order valence-corrected chi connectivity index (χ1v) is 12.0. The van der Waals surface area contributed by atoms with Crippen LogP contribution in [0.15, 0.2) is 81.8 Å². The monoisotopic (exact) mass is 467 g/mol. The van der Waals surface area contributed by atoms with Crippen LogP contribution in [0.25, 0.3) is 28.4 Å². The smallest absolute Gasteiger partial charge is 0.322 e. The van der Waals surface area contributed by atoms with Crippen molar-refractivity contribution in [1.29, 1.82) is 0 Å². The molecule has 1 N–H and O–H groups in total. The number of rotatable bonds is 5. The molecule has 2 aromatic heterocycles. The van der Waals surface area contributed by atoms with Gasteiger partial charge in [-0.05, 0) is 77.1 Å². The Morgan fingerprint density at radius 3 is 2.46 bits per heavy atom. The van der Waals surface area contributed by atoms with E-state index in [1.807, 2.05) is 18.2 Å². The van der Waals surface area contributed by atoms with E-state index in [9.17, 15) is 4.79 Å². The van der Waals surface area contributed by atoms with Gasteiger partial charge in [0.05, 0.1) is 6.26 Å². The molecule has 6 heteroatoms. The molecule has 0 fully saturated rings. The highest BCUT2D eigenvalue weighted by atomic mass is 16.4. The van der Waals surface area contributed by atoms with Crippen molar-refractivity contribution < 1.29 is 13.6 Å². The molecule has 0 bridgehead atoms. The minimum Gasteiger partial charge on any atom is -0.459 e. The molecule has 1 unspecified atom stereocenters. The fraction of sp³-hybridized carbons (Fsp3) is 0.276. The van der Waals surface area contributed by atoms with Crippen molar-refractivity contribution in [3.63, 3.8) is 0 Å². The van der Waals surface area contributed by atoms with Gasteiger partial charge >= 0.3 is 6.01 Å². The fourth-order valence-corrected chi connectivity index (χ4v) is 4.54. The lowest BCUT2D eigenvalue weighted by Gasteiger charge is -2.33. The molecule has 1 amide bonds. The topological polar surface area (TPSA) is 81.2 Å². The maximum Gasteiger partial charge on any atom is 0.322 e. The van der Waals surface area contributed by atoms with E-state index in [0.29, 0.717) is 16.7 Å². The summed E-state index contributed by atoms with van der Waals surface area (Å²) in [5, 5.41) is 10.4. The van der Waals surface area contributed by atoms with Gasteiger partial charge < -0.3 is 8.83 Å². The Morgan fingerprint density at radius 2 is 1.77 bits per heavy atom. The van der Waals surface area contributed by atoms with E-state index in [1.165, 1.54) is 23.8 Å². The van der Waals surface area contributed by atoms with E-state index >= 15 is 0 Å². The van der Waals surface area contributed by atoms with E-state index < -0.39 is 0 Å². The molecule has 5 rings (SSSR count). The van der Waals surface area contributed by atoms with E-state index in [2.05, 4.69) is 66.6 Å². The fourth-order valence-electron chi connectivity index (χ4n) is 4.54. The van der Waals surface area contributed by atoms with Crippen LogP contribution in [-0.2, 0) is 0 Å². The molecule has 4 aromatic rings. The van der Waals surface area contributed by atoms with E-state index in [-0.39, 0.29) is 17.8 Å². The third kappa shape index (κ3) is 5.11. The van der Waals surface area contributed by atoms with Gasteiger partial charge in [-0.25, -0.2) is 0 Å². The van der Waals surface area contributed by atoms with Crippen molar-refractivity contribution in [2.75, 3.05) is 5.32 Å². The van der Waals surface area contributed by atoms with Gasteiger partial charge in [0.1, 0.15) is 0 Å². The lowest BCUT2D eigenvalue weighted by atomic mass is 9.72. The number of carbonyl (C=O) groups is 1. The summed E-state index contributed by atoms with van der Waals surface area (Å²) in [6.45, 7) is 7.00. The van der Waals surface area contributed by atoms with Gasteiger partial charge in [0.25, 0.3) is 11.8 Å². The predicted octanol–water partition coefficient (Wildman–Crippen LogP) is 7.48. The quantitative estimate of drug-likeness (QED) is 0.329. The first-order valence-electron chi connectivity index (χ1n) is 12.0. The van der Waals surface area contributed by atoms with Crippen molar-refractivity contribution in [2.24, 2.45) is 11.3 Å².